The van der Waals surface area contributed by atoms with Gasteiger partial charge >= 0.3 is 0 Å². The Bertz CT molecular complexity index is 324. The third-order valence-electron chi connectivity index (χ3n) is 3.97. The second-order valence-electron chi connectivity index (χ2n) is 5.75. The van der Waals surface area contributed by atoms with E-state index in [0.29, 0.717) is 13.1 Å². The van der Waals surface area contributed by atoms with E-state index in [-0.39, 0.29) is 5.25 Å². The van der Waals surface area contributed by atoms with Crippen molar-refractivity contribution in [3.63, 3.8) is 0 Å². The summed E-state index contributed by atoms with van der Waals surface area (Å²) in [6, 6.07) is 0. The third kappa shape index (κ3) is 6.72. The van der Waals surface area contributed by atoms with E-state index in [1.165, 1.54) is 32.1 Å². The monoisotopic (exact) mass is 290 g/mol. The van der Waals surface area contributed by atoms with E-state index in [1.54, 1.807) is 6.92 Å². The number of nitrogens with one attached hydrogen (secondary N) is 2. The quantitative estimate of drug-likeness (QED) is 0.640. The van der Waals surface area contributed by atoms with Gasteiger partial charge in [-0.2, -0.15) is 0 Å². The smallest absolute Gasteiger partial charge is 0.215 e. The molecule has 5 heteroatoms. The van der Waals surface area contributed by atoms with Crippen LogP contribution in [0.4, 0.5) is 0 Å². The average molecular weight is 290 g/mol. The molecule has 2 N–H and O–H groups in total. The van der Waals surface area contributed by atoms with Crippen molar-refractivity contribution in [1.82, 2.24) is 10.0 Å². The third-order valence-corrected chi connectivity index (χ3v) is 5.80. The highest BCUT2D eigenvalue weighted by Crippen LogP contribution is 2.25. The Labute approximate surface area is 118 Å². The molecule has 1 atom stereocenters. The molecule has 1 rings (SSSR count). The zero-order valence-corrected chi connectivity index (χ0v) is 13.3. The molecule has 0 radical (unpaired) electrons. The molecule has 1 fully saturated rings. The highest BCUT2D eigenvalue weighted by molar-refractivity contribution is 7.90. The Morgan fingerprint density at radius 3 is 2.47 bits per heavy atom. The van der Waals surface area contributed by atoms with Crippen molar-refractivity contribution in [3.8, 4) is 0 Å². The summed E-state index contributed by atoms with van der Waals surface area (Å²) in [5, 5.41) is 2.81. The van der Waals surface area contributed by atoms with Crippen LogP contribution in [-0.2, 0) is 10.0 Å². The summed E-state index contributed by atoms with van der Waals surface area (Å²) in [4.78, 5) is 0. The molecule has 1 aliphatic rings. The van der Waals surface area contributed by atoms with Crippen LogP contribution in [0.5, 0.6) is 0 Å². The number of hydrogen-bond donors (Lipinski definition) is 2. The van der Waals surface area contributed by atoms with Crippen molar-refractivity contribution in [1.29, 1.82) is 0 Å². The van der Waals surface area contributed by atoms with E-state index in [1.807, 2.05) is 0 Å². The van der Waals surface area contributed by atoms with E-state index < -0.39 is 10.0 Å². The fourth-order valence-electron chi connectivity index (χ4n) is 2.62. The summed E-state index contributed by atoms with van der Waals surface area (Å²) >= 11 is 0. The van der Waals surface area contributed by atoms with Crippen LogP contribution in [-0.4, -0.2) is 33.3 Å². The van der Waals surface area contributed by atoms with Crippen molar-refractivity contribution in [2.24, 2.45) is 5.92 Å². The molecule has 1 unspecified atom stereocenters. The molecule has 19 heavy (non-hydrogen) atoms. The first-order valence-corrected chi connectivity index (χ1v) is 9.30. The van der Waals surface area contributed by atoms with E-state index >= 15 is 0 Å². The maximum atomic E-state index is 12.0. The highest BCUT2D eigenvalue weighted by atomic mass is 32.2. The van der Waals surface area contributed by atoms with E-state index in [0.717, 1.165) is 25.3 Å². The molecule has 0 saturated heterocycles. The van der Waals surface area contributed by atoms with Crippen molar-refractivity contribution < 1.29 is 8.42 Å². The van der Waals surface area contributed by atoms with Gasteiger partial charge in [0.2, 0.25) is 10.0 Å². The van der Waals surface area contributed by atoms with E-state index in [2.05, 4.69) is 17.0 Å². The molecule has 114 valence electrons. The van der Waals surface area contributed by atoms with Gasteiger partial charge in [-0.3, -0.25) is 0 Å². The van der Waals surface area contributed by atoms with E-state index in [4.69, 9.17) is 0 Å². The standard InChI is InChI=1S/C14H30N2O2S/c1-3-10-15-12-13(2)19(17,18)16-11-9-14-7-5-4-6-8-14/h13-16H,3-12H2,1-2H3. The number of rotatable bonds is 9. The molecule has 0 aliphatic heterocycles. The lowest BCUT2D eigenvalue weighted by Crippen LogP contribution is -2.39. The summed E-state index contributed by atoms with van der Waals surface area (Å²) < 4.78 is 26.8. The van der Waals surface area contributed by atoms with Crippen molar-refractivity contribution in [2.45, 2.75) is 64.0 Å². The Hall–Kier alpha value is -0.130. The van der Waals surface area contributed by atoms with Crippen molar-refractivity contribution in [3.05, 3.63) is 0 Å². The molecule has 0 amide bonds. The second kappa shape index (κ2) is 8.93. The van der Waals surface area contributed by atoms with Gasteiger partial charge in [-0.25, -0.2) is 13.1 Å². The molecule has 0 aromatic heterocycles. The van der Waals surface area contributed by atoms with Gasteiger partial charge in [0.05, 0.1) is 5.25 Å². The Morgan fingerprint density at radius 1 is 1.16 bits per heavy atom. The highest BCUT2D eigenvalue weighted by Gasteiger charge is 2.20. The fourth-order valence-corrected chi connectivity index (χ4v) is 3.64. The van der Waals surface area contributed by atoms with Gasteiger partial charge in [-0.1, -0.05) is 39.0 Å². The molecule has 4 nitrogen and oxygen atoms in total. The topological polar surface area (TPSA) is 58.2 Å². The number of hydrogen-bond acceptors (Lipinski definition) is 3. The Balaban J connectivity index is 2.21. The lowest BCUT2D eigenvalue weighted by Gasteiger charge is -2.22. The predicted octanol–water partition coefficient (Wildman–Crippen LogP) is 2.26. The van der Waals surface area contributed by atoms with Gasteiger partial charge in [0.15, 0.2) is 0 Å². The maximum Gasteiger partial charge on any atom is 0.215 e. The van der Waals surface area contributed by atoms with Gasteiger partial charge in [0, 0.05) is 13.1 Å². The van der Waals surface area contributed by atoms with Crippen molar-refractivity contribution >= 4 is 10.0 Å². The predicted molar refractivity (Wildman–Crippen MR) is 80.7 cm³/mol. The first-order chi connectivity index (χ1) is 9.06. The van der Waals surface area contributed by atoms with E-state index in [9.17, 15) is 8.42 Å². The molecule has 0 aromatic rings. The van der Waals surface area contributed by atoms with Gasteiger partial charge in [-0.15, -0.1) is 0 Å². The minimum atomic E-state index is -3.15. The molecule has 0 aromatic carbocycles. The first kappa shape index (κ1) is 16.9. The normalized spacial score (nSPS) is 19.5. The molecule has 0 bridgehead atoms. The molecule has 1 saturated carbocycles. The van der Waals surface area contributed by atoms with Gasteiger partial charge < -0.3 is 5.32 Å². The summed E-state index contributed by atoms with van der Waals surface area (Å²) in [7, 11) is -3.15. The van der Waals surface area contributed by atoms with Crippen molar-refractivity contribution in [2.75, 3.05) is 19.6 Å². The maximum absolute atomic E-state index is 12.0. The van der Waals surface area contributed by atoms with Crippen LogP contribution in [0.3, 0.4) is 0 Å². The SMILES string of the molecule is CCCNCC(C)S(=O)(=O)NCCC1CCCCC1. The lowest BCUT2D eigenvalue weighted by atomic mass is 9.87. The van der Waals surface area contributed by atoms with Crippen LogP contribution in [0.25, 0.3) is 0 Å². The number of sulfonamides is 1. The minimum Gasteiger partial charge on any atom is -0.315 e. The molecule has 1 aliphatic carbocycles. The lowest BCUT2D eigenvalue weighted by molar-refractivity contribution is 0.339. The van der Waals surface area contributed by atoms with Gasteiger partial charge in [0.1, 0.15) is 0 Å². The molecular formula is C14H30N2O2S. The Kier molecular flexibility index (Phi) is 7.95. The molecule has 0 heterocycles. The van der Waals surface area contributed by atoms with Gasteiger partial charge in [-0.05, 0) is 32.2 Å². The summed E-state index contributed by atoms with van der Waals surface area (Å²) in [5.74, 6) is 0.727. The summed E-state index contributed by atoms with van der Waals surface area (Å²) in [6.07, 6.45) is 8.55. The summed E-state index contributed by atoms with van der Waals surface area (Å²) in [6.45, 7) is 5.86. The van der Waals surface area contributed by atoms with Crippen LogP contribution >= 0.6 is 0 Å². The average Bonchev–Trinajstić information content (AvgIpc) is 2.40. The van der Waals surface area contributed by atoms with Crippen LogP contribution in [0.2, 0.25) is 0 Å². The van der Waals surface area contributed by atoms with Crippen LogP contribution in [0.1, 0.15) is 58.8 Å². The van der Waals surface area contributed by atoms with Crippen LogP contribution in [0.15, 0.2) is 0 Å². The first-order valence-electron chi connectivity index (χ1n) is 7.75. The zero-order valence-electron chi connectivity index (χ0n) is 12.5. The molecular weight excluding hydrogens is 260 g/mol. The summed E-state index contributed by atoms with van der Waals surface area (Å²) in [5.41, 5.74) is 0. The van der Waals surface area contributed by atoms with Crippen LogP contribution in [0, 0.1) is 5.92 Å². The largest absolute Gasteiger partial charge is 0.315 e. The second-order valence-corrected chi connectivity index (χ2v) is 7.93. The minimum absolute atomic E-state index is 0.356. The fraction of sp³-hybridized carbons (Fsp3) is 1.00. The molecule has 0 spiro atoms. The Morgan fingerprint density at radius 2 is 1.84 bits per heavy atom. The van der Waals surface area contributed by atoms with Gasteiger partial charge in [0.25, 0.3) is 0 Å². The zero-order chi connectivity index (χ0) is 14.1. The van der Waals surface area contributed by atoms with Crippen LogP contribution < -0.4 is 10.0 Å².